The molecule has 4 N–H and O–H groups in total. The van der Waals surface area contributed by atoms with E-state index in [-0.39, 0.29) is 6.03 Å². The number of hydrogen-bond acceptors (Lipinski definition) is 2. The number of halogens is 1. The van der Waals surface area contributed by atoms with Crippen molar-refractivity contribution in [3.63, 3.8) is 0 Å². The highest BCUT2D eigenvalue weighted by atomic mass is 35.5. The largest absolute Gasteiger partial charge is 0.399 e. The molecule has 2 aromatic rings. The topological polar surface area (TPSA) is 67.2 Å². The lowest BCUT2D eigenvalue weighted by molar-refractivity contribution is 0.262. The number of nitrogens with two attached hydrogens (primary N) is 1. The highest BCUT2D eigenvalue weighted by molar-refractivity contribution is 6.34. The van der Waals surface area contributed by atoms with E-state index in [1.807, 2.05) is 19.1 Å². The molecule has 0 aliphatic rings. The first-order valence-electron chi connectivity index (χ1n) is 5.75. The molecule has 0 spiro atoms. The monoisotopic (exact) mass is 275 g/mol. The Morgan fingerprint density at radius 1 is 1.16 bits per heavy atom. The molecular formula is C14H14ClN3O. The van der Waals surface area contributed by atoms with Gasteiger partial charge in [-0.1, -0.05) is 29.8 Å². The van der Waals surface area contributed by atoms with Gasteiger partial charge in [0, 0.05) is 11.4 Å². The van der Waals surface area contributed by atoms with Crippen LogP contribution in [0.5, 0.6) is 0 Å². The van der Waals surface area contributed by atoms with Gasteiger partial charge < -0.3 is 16.4 Å². The predicted octanol–water partition coefficient (Wildman–Crippen LogP) is 3.87. The lowest BCUT2D eigenvalue weighted by atomic mass is 10.2. The Morgan fingerprint density at radius 3 is 2.58 bits per heavy atom. The molecule has 0 atom stereocenters. The summed E-state index contributed by atoms with van der Waals surface area (Å²) in [7, 11) is 0. The van der Waals surface area contributed by atoms with Crippen LogP contribution in [-0.4, -0.2) is 6.03 Å². The summed E-state index contributed by atoms with van der Waals surface area (Å²) < 4.78 is 0. The van der Waals surface area contributed by atoms with Crippen LogP contribution in [0, 0.1) is 6.92 Å². The van der Waals surface area contributed by atoms with E-state index >= 15 is 0 Å². The van der Waals surface area contributed by atoms with Crippen molar-refractivity contribution in [2.75, 3.05) is 16.4 Å². The molecule has 0 bridgehead atoms. The molecule has 0 aliphatic carbocycles. The number of nitrogen functional groups attached to an aromatic ring is 1. The number of carbonyl (C=O) groups is 1. The van der Waals surface area contributed by atoms with Gasteiger partial charge in [0.25, 0.3) is 0 Å². The number of amides is 2. The van der Waals surface area contributed by atoms with Gasteiger partial charge in [0.1, 0.15) is 0 Å². The van der Waals surface area contributed by atoms with Crippen LogP contribution in [0.15, 0.2) is 42.5 Å². The van der Waals surface area contributed by atoms with Crippen molar-refractivity contribution in [3.8, 4) is 0 Å². The fraction of sp³-hybridized carbons (Fsp3) is 0.0714. The van der Waals surface area contributed by atoms with E-state index in [2.05, 4.69) is 10.6 Å². The van der Waals surface area contributed by atoms with E-state index in [0.717, 1.165) is 5.56 Å². The Labute approximate surface area is 116 Å². The zero-order chi connectivity index (χ0) is 13.8. The van der Waals surface area contributed by atoms with E-state index < -0.39 is 0 Å². The van der Waals surface area contributed by atoms with Crippen LogP contribution < -0.4 is 16.4 Å². The summed E-state index contributed by atoms with van der Waals surface area (Å²) in [5, 5.41) is 5.92. The Hall–Kier alpha value is -2.20. The lowest BCUT2D eigenvalue weighted by Gasteiger charge is -2.11. The van der Waals surface area contributed by atoms with Crippen LogP contribution in [0.2, 0.25) is 5.02 Å². The first-order chi connectivity index (χ1) is 9.06. The van der Waals surface area contributed by atoms with Gasteiger partial charge in [-0.25, -0.2) is 4.79 Å². The van der Waals surface area contributed by atoms with Crippen molar-refractivity contribution in [1.82, 2.24) is 0 Å². The highest BCUT2D eigenvalue weighted by Crippen LogP contribution is 2.25. The molecule has 5 heteroatoms. The Kier molecular flexibility index (Phi) is 3.92. The van der Waals surface area contributed by atoms with Gasteiger partial charge in [0.15, 0.2) is 0 Å². The van der Waals surface area contributed by atoms with Gasteiger partial charge in [0.2, 0.25) is 0 Å². The quantitative estimate of drug-likeness (QED) is 0.728. The molecule has 2 amide bonds. The van der Waals surface area contributed by atoms with Crippen LogP contribution >= 0.6 is 11.6 Å². The summed E-state index contributed by atoms with van der Waals surface area (Å²) in [6.45, 7) is 1.88. The van der Waals surface area contributed by atoms with Gasteiger partial charge in [-0.05, 0) is 36.8 Å². The lowest BCUT2D eigenvalue weighted by Crippen LogP contribution is -2.20. The molecule has 0 saturated carbocycles. The molecule has 0 fully saturated rings. The average Bonchev–Trinajstić information content (AvgIpc) is 2.34. The Morgan fingerprint density at radius 2 is 1.89 bits per heavy atom. The van der Waals surface area contributed by atoms with E-state index in [1.165, 1.54) is 0 Å². The summed E-state index contributed by atoms with van der Waals surface area (Å²) >= 11 is 6.04. The van der Waals surface area contributed by atoms with Gasteiger partial charge >= 0.3 is 6.03 Å². The van der Waals surface area contributed by atoms with E-state index in [9.17, 15) is 4.79 Å². The maximum Gasteiger partial charge on any atom is 0.323 e. The van der Waals surface area contributed by atoms with Gasteiger partial charge in [-0.3, -0.25) is 0 Å². The van der Waals surface area contributed by atoms with Crippen LogP contribution in [0.25, 0.3) is 0 Å². The predicted molar refractivity (Wildman–Crippen MR) is 79.7 cm³/mol. The van der Waals surface area contributed by atoms with Crippen LogP contribution in [0.4, 0.5) is 21.9 Å². The Bertz CT molecular complexity index is 593. The third kappa shape index (κ3) is 3.39. The minimum atomic E-state index is -0.359. The minimum Gasteiger partial charge on any atom is -0.399 e. The molecule has 0 aromatic heterocycles. The summed E-state index contributed by atoms with van der Waals surface area (Å²) in [4.78, 5) is 11.9. The zero-order valence-electron chi connectivity index (χ0n) is 10.4. The molecule has 0 saturated heterocycles. The number of para-hydroxylation sites is 1. The highest BCUT2D eigenvalue weighted by Gasteiger charge is 2.08. The molecule has 0 radical (unpaired) electrons. The maximum atomic E-state index is 11.9. The molecule has 0 unspecified atom stereocenters. The fourth-order valence-corrected chi connectivity index (χ4v) is 1.95. The third-order valence-corrected chi connectivity index (χ3v) is 2.92. The SMILES string of the molecule is Cc1cccc(Cl)c1NC(=O)Nc1cccc(N)c1. The van der Waals surface area contributed by atoms with E-state index in [4.69, 9.17) is 17.3 Å². The van der Waals surface area contributed by atoms with Crippen LogP contribution in [0.3, 0.4) is 0 Å². The van der Waals surface area contributed by atoms with Crippen molar-refractivity contribution in [1.29, 1.82) is 0 Å². The fourth-order valence-electron chi connectivity index (χ4n) is 1.68. The van der Waals surface area contributed by atoms with Crippen molar-refractivity contribution < 1.29 is 4.79 Å². The number of carbonyl (C=O) groups excluding carboxylic acids is 1. The van der Waals surface area contributed by atoms with Crippen molar-refractivity contribution in [2.24, 2.45) is 0 Å². The van der Waals surface area contributed by atoms with Crippen molar-refractivity contribution in [2.45, 2.75) is 6.92 Å². The molecule has 19 heavy (non-hydrogen) atoms. The molecule has 98 valence electrons. The number of rotatable bonds is 2. The summed E-state index contributed by atoms with van der Waals surface area (Å²) in [6.07, 6.45) is 0. The molecule has 0 heterocycles. The van der Waals surface area contributed by atoms with E-state index in [0.29, 0.717) is 22.1 Å². The number of aryl methyl sites for hydroxylation is 1. The smallest absolute Gasteiger partial charge is 0.323 e. The minimum absolute atomic E-state index is 0.359. The van der Waals surface area contributed by atoms with E-state index in [1.54, 1.807) is 30.3 Å². The normalized spacial score (nSPS) is 10.0. The second-order valence-electron chi connectivity index (χ2n) is 4.14. The van der Waals surface area contributed by atoms with Crippen molar-refractivity contribution in [3.05, 3.63) is 53.1 Å². The number of hydrogen-bond donors (Lipinski definition) is 3. The second kappa shape index (κ2) is 5.63. The van der Waals surface area contributed by atoms with Gasteiger partial charge in [0.05, 0.1) is 10.7 Å². The van der Waals surface area contributed by atoms with Crippen LogP contribution in [-0.2, 0) is 0 Å². The molecule has 4 nitrogen and oxygen atoms in total. The summed E-state index contributed by atoms with van der Waals surface area (Å²) in [6, 6.07) is 12.0. The first-order valence-corrected chi connectivity index (χ1v) is 6.13. The Balaban J connectivity index is 2.10. The molecule has 2 rings (SSSR count). The zero-order valence-corrected chi connectivity index (χ0v) is 11.2. The summed E-state index contributed by atoms with van der Waals surface area (Å²) in [5.74, 6) is 0. The molecule has 2 aromatic carbocycles. The number of urea groups is 1. The average molecular weight is 276 g/mol. The standard InChI is InChI=1S/C14H14ClN3O/c1-9-4-2-7-12(15)13(9)18-14(19)17-11-6-3-5-10(16)8-11/h2-8H,16H2,1H3,(H2,17,18,19). The van der Waals surface area contributed by atoms with Gasteiger partial charge in [-0.15, -0.1) is 0 Å². The van der Waals surface area contributed by atoms with Crippen molar-refractivity contribution >= 4 is 34.7 Å². The first kappa shape index (κ1) is 13.2. The number of nitrogens with one attached hydrogen (secondary N) is 2. The summed E-state index contributed by atoms with van der Waals surface area (Å²) in [5.41, 5.74) is 8.36. The van der Waals surface area contributed by atoms with Crippen LogP contribution in [0.1, 0.15) is 5.56 Å². The van der Waals surface area contributed by atoms with Gasteiger partial charge in [-0.2, -0.15) is 0 Å². The second-order valence-corrected chi connectivity index (χ2v) is 4.54. The molecular weight excluding hydrogens is 262 g/mol. The maximum absolute atomic E-state index is 11.9. The third-order valence-electron chi connectivity index (χ3n) is 2.60. The number of anilines is 3. The number of benzene rings is 2. The molecule has 0 aliphatic heterocycles.